The topological polar surface area (TPSA) is 80.3 Å². The predicted molar refractivity (Wildman–Crippen MR) is 46.5 cm³/mol. The Balaban J connectivity index is 2.80. The van der Waals surface area contributed by atoms with Crippen LogP contribution in [0.3, 0.4) is 0 Å². The number of carboxylic acid groups (broad SMARTS) is 2. The highest BCUT2D eigenvalue weighted by Crippen LogP contribution is 2.28. The third-order valence-corrected chi connectivity index (χ3v) is 3.71. The summed E-state index contributed by atoms with van der Waals surface area (Å²) in [6.07, 6.45) is 0. The molecule has 0 bridgehead atoms. The van der Waals surface area contributed by atoms with Crippen LogP contribution in [-0.2, 0) is 9.59 Å². The number of hydrogen-bond donors (Lipinski definition) is 0. The number of thioether (sulfide) groups is 2. The molecule has 0 aromatic heterocycles. The van der Waals surface area contributed by atoms with E-state index in [1.54, 1.807) is 5.41 Å². The second kappa shape index (κ2) is 4.57. The zero-order valence-corrected chi connectivity index (χ0v) is 8.15. The first-order valence-electron chi connectivity index (χ1n) is 3.43. The number of rotatable bonds is 3. The predicted octanol–water partition coefficient (Wildman–Crippen LogP) is -1.58. The van der Waals surface area contributed by atoms with Crippen molar-refractivity contribution in [1.82, 2.24) is 0 Å². The maximum atomic E-state index is 10.4. The maximum Gasteiger partial charge on any atom is 0.0607 e. The Morgan fingerprint density at radius 3 is 2.38 bits per heavy atom. The summed E-state index contributed by atoms with van der Waals surface area (Å²) in [6, 6.07) is 0. The van der Waals surface area contributed by atoms with Gasteiger partial charge in [0.05, 0.1) is 17.9 Å². The lowest BCUT2D eigenvalue weighted by molar-refractivity contribution is -0.329. The summed E-state index contributed by atoms with van der Waals surface area (Å²) in [7, 11) is 0. The first-order chi connectivity index (χ1) is 6.13. The summed E-state index contributed by atoms with van der Waals surface area (Å²) in [6.45, 7) is 0. The van der Waals surface area contributed by atoms with Crippen molar-refractivity contribution in [2.75, 3.05) is 10.8 Å². The Morgan fingerprint density at radius 1 is 1.38 bits per heavy atom. The fourth-order valence-electron chi connectivity index (χ4n) is 0.933. The van der Waals surface area contributed by atoms with Crippen molar-refractivity contribution in [2.45, 2.75) is 0 Å². The zero-order valence-electron chi connectivity index (χ0n) is 6.52. The van der Waals surface area contributed by atoms with Crippen molar-refractivity contribution in [3.63, 3.8) is 0 Å². The Hall–Kier alpha value is -0.620. The molecule has 0 aromatic rings. The largest absolute Gasteiger partial charge is 0.549 e. The van der Waals surface area contributed by atoms with E-state index in [9.17, 15) is 19.8 Å². The Morgan fingerprint density at radius 2 is 2.00 bits per heavy atom. The minimum atomic E-state index is -1.60. The van der Waals surface area contributed by atoms with Gasteiger partial charge < -0.3 is 19.8 Å². The van der Waals surface area contributed by atoms with Gasteiger partial charge in [-0.2, -0.15) is 0 Å². The summed E-state index contributed by atoms with van der Waals surface area (Å²) >= 11 is 2.86. The second-order valence-corrected chi connectivity index (χ2v) is 4.61. The van der Waals surface area contributed by atoms with Crippen molar-refractivity contribution in [1.29, 1.82) is 0 Å². The van der Waals surface area contributed by atoms with Gasteiger partial charge in [-0.3, -0.25) is 0 Å². The van der Waals surface area contributed by atoms with Gasteiger partial charge >= 0.3 is 0 Å². The minimum Gasteiger partial charge on any atom is -0.549 e. The molecule has 1 heterocycles. The molecule has 0 spiro atoms. The van der Waals surface area contributed by atoms with Crippen molar-refractivity contribution in [2.24, 2.45) is 5.92 Å². The zero-order chi connectivity index (χ0) is 9.84. The highest BCUT2D eigenvalue weighted by atomic mass is 32.2. The summed E-state index contributed by atoms with van der Waals surface area (Å²) in [4.78, 5) is 20.9. The molecular weight excluding hydrogens is 212 g/mol. The van der Waals surface area contributed by atoms with Gasteiger partial charge in [0, 0.05) is 10.8 Å². The molecule has 0 atom stereocenters. The summed E-state index contributed by atoms with van der Waals surface area (Å²) in [5.41, 5.74) is 0.348. The van der Waals surface area contributed by atoms with E-state index in [0.29, 0.717) is 11.3 Å². The molecule has 13 heavy (non-hydrogen) atoms. The molecule has 1 aliphatic heterocycles. The fraction of sp³-hybridized carbons (Fsp3) is 0.429. The lowest BCUT2D eigenvalue weighted by Gasteiger charge is -2.24. The molecule has 1 aliphatic rings. The van der Waals surface area contributed by atoms with Crippen LogP contribution in [-0.4, -0.2) is 22.8 Å². The lowest BCUT2D eigenvalue weighted by atomic mass is 10.0. The average Bonchev–Trinajstić information content (AvgIpc) is 2.04. The quantitative estimate of drug-likeness (QED) is 0.532. The van der Waals surface area contributed by atoms with Crippen LogP contribution in [0, 0.1) is 5.92 Å². The van der Waals surface area contributed by atoms with Gasteiger partial charge in [-0.1, -0.05) is 0 Å². The van der Waals surface area contributed by atoms with Gasteiger partial charge in [-0.25, -0.2) is 0 Å². The molecule has 0 N–H and O–H groups in total. The molecule has 0 saturated carbocycles. The van der Waals surface area contributed by atoms with Crippen LogP contribution >= 0.6 is 23.5 Å². The van der Waals surface area contributed by atoms with Gasteiger partial charge in [0.1, 0.15) is 0 Å². The Labute approximate surface area is 83.4 Å². The van der Waals surface area contributed by atoms with Crippen molar-refractivity contribution >= 4 is 35.5 Å². The summed E-state index contributed by atoms with van der Waals surface area (Å²) < 4.78 is 0. The molecule has 1 rings (SSSR count). The second-order valence-electron chi connectivity index (χ2n) is 2.40. The number of carbonyl (C=O) groups excluding carboxylic acids is 2. The highest BCUT2D eigenvalue weighted by Gasteiger charge is 2.18. The molecule has 0 unspecified atom stereocenters. The van der Waals surface area contributed by atoms with Gasteiger partial charge in [0.2, 0.25) is 0 Å². The normalized spacial score (nSPS) is 16.8. The van der Waals surface area contributed by atoms with Gasteiger partial charge in [0.25, 0.3) is 0 Å². The lowest BCUT2D eigenvalue weighted by Crippen LogP contribution is -2.44. The SMILES string of the molecule is O=C([O-])C(C(=O)[O-])C1=CSCSC1. The molecular formula is C7H6O4S2-2. The molecule has 0 saturated heterocycles. The average molecular weight is 218 g/mol. The summed E-state index contributed by atoms with van der Waals surface area (Å²) in [5, 5.41) is 23.3. The van der Waals surface area contributed by atoms with Gasteiger partial charge in [-0.05, 0) is 11.0 Å². The van der Waals surface area contributed by atoms with Crippen LogP contribution in [0.4, 0.5) is 0 Å². The third-order valence-electron chi connectivity index (χ3n) is 1.50. The van der Waals surface area contributed by atoms with Crippen molar-refractivity contribution < 1.29 is 19.8 Å². The van der Waals surface area contributed by atoms with E-state index in [1.165, 1.54) is 23.5 Å². The van der Waals surface area contributed by atoms with E-state index < -0.39 is 17.9 Å². The van der Waals surface area contributed by atoms with E-state index >= 15 is 0 Å². The monoisotopic (exact) mass is 218 g/mol. The number of aliphatic carboxylic acids is 2. The van der Waals surface area contributed by atoms with Crippen LogP contribution in [0.1, 0.15) is 0 Å². The number of carboxylic acids is 2. The first-order valence-corrected chi connectivity index (χ1v) is 5.63. The molecule has 6 heteroatoms. The molecule has 0 amide bonds. The van der Waals surface area contributed by atoms with Gasteiger partial charge in [0.15, 0.2) is 0 Å². The van der Waals surface area contributed by atoms with E-state index in [1.807, 2.05) is 0 Å². The fourth-order valence-corrected chi connectivity index (χ4v) is 2.95. The van der Waals surface area contributed by atoms with E-state index in [0.717, 1.165) is 5.08 Å². The standard InChI is InChI=1S/C7H8O4S2/c8-6(9)5(7(10)11)4-1-12-3-13-2-4/h1,5H,2-3H2,(H,8,9)(H,10,11)/p-2. The van der Waals surface area contributed by atoms with Crippen molar-refractivity contribution in [3.8, 4) is 0 Å². The molecule has 0 aromatic carbocycles. The highest BCUT2D eigenvalue weighted by molar-refractivity contribution is 8.18. The molecule has 72 valence electrons. The van der Waals surface area contributed by atoms with Crippen LogP contribution in [0.5, 0.6) is 0 Å². The number of hydrogen-bond acceptors (Lipinski definition) is 6. The molecule has 0 fully saturated rings. The molecule has 0 aliphatic carbocycles. The van der Waals surface area contributed by atoms with Crippen LogP contribution < -0.4 is 10.2 Å². The number of carbonyl (C=O) groups is 2. The van der Waals surface area contributed by atoms with Crippen LogP contribution in [0.2, 0.25) is 0 Å². The van der Waals surface area contributed by atoms with Crippen LogP contribution in [0.15, 0.2) is 11.0 Å². The molecule has 4 nitrogen and oxygen atoms in total. The molecule has 0 radical (unpaired) electrons. The van der Waals surface area contributed by atoms with E-state index in [4.69, 9.17) is 0 Å². The minimum absolute atomic E-state index is 0.348. The van der Waals surface area contributed by atoms with Crippen molar-refractivity contribution in [3.05, 3.63) is 11.0 Å². The van der Waals surface area contributed by atoms with E-state index in [-0.39, 0.29) is 0 Å². The first kappa shape index (κ1) is 10.5. The third kappa shape index (κ3) is 2.67. The smallest absolute Gasteiger partial charge is 0.0607 e. The van der Waals surface area contributed by atoms with E-state index in [2.05, 4.69) is 0 Å². The maximum absolute atomic E-state index is 10.4. The Kier molecular flexibility index (Phi) is 3.68. The Bertz CT molecular complexity index is 247. The van der Waals surface area contributed by atoms with Crippen LogP contribution in [0.25, 0.3) is 0 Å². The van der Waals surface area contributed by atoms with Gasteiger partial charge in [-0.15, -0.1) is 23.5 Å². The summed E-state index contributed by atoms with van der Waals surface area (Å²) in [5.74, 6) is -4.39.